The molecule has 2 atom stereocenters. The number of likely N-dealkylation sites (N-methyl/N-ethyl adjacent to an activating group) is 1. The highest BCUT2D eigenvalue weighted by molar-refractivity contribution is 6.33. The summed E-state index contributed by atoms with van der Waals surface area (Å²) >= 11 is 6.13. The predicted octanol–water partition coefficient (Wildman–Crippen LogP) is 2.16. The lowest BCUT2D eigenvalue weighted by Crippen LogP contribution is -2.36. The second-order valence-electron chi connectivity index (χ2n) is 5.63. The van der Waals surface area contributed by atoms with Gasteiger partial charge < -0.3 is 14.5 Å². The predicted molar refractivity (Wildman–Crippen MR) is 83.0 cm³/mol. The van der Waals surface area contributed by atoms with Crippen LogP contribution in [-0.2, 0) is 0 Å². The van der Waals surface area contributed by atoms with E-state index in [1.165, 1.54) is 0 Å². The Labute approximate surface area is 130 Å². The molecule has 0 aromatic carbocycles. The lowest BCUT2D eigenvalue weighted by molar-refractivity contribution is 0.0774. The van der Waals surface area contributed by atoms with Gasteiger partial charge in [0.15, 0.2) is 5.69 Å². The molecule has 1 aliphatic heterocycles. The van der Waals surface area contributed by atoms with E-state index in [1.54, 1.807) is 12.1 Å². The summed E-state index contributed by atoms with van der Waals surface area (Å²) < 4.78 is 5.35. The highest BCUT2D eigenvalue weighted by atomic mass is 35.5. The SMILES string of the molecule is CCOc1ccc(Cl)c(C(=O)N2C[C@H](C)[C@@H](N(C)C)C2)n1. The van der Waals surface area contributed by atoms with Crippen LogP contribution in [0.5, 0.6) is 5.88 Å². The molecular formula is C15H22ClN3O2. The third-order valence-corrected chi connectivity index (χ3v) is 4.14. The van der Waals surface area contributed by atoms with Gasteiger partial charge in [0.25, 0.3) is 5.91 Å². The van der Waals surface area contributed by atoms with Gasteiger partial charge in [0.05, 0.1) is 11.6 Å². The summed E-state index contributed by atoms with van der Waals surface area (Å²) in [6.45, 7) is 5.96. The van der Waals surface area contributed by atoms with Crippen LogP contribution in [0.2, 0.25) is 5.02 Å². The lowest BCUT2D eigenvalue weighted by Gasteiger charge is -2.22. The third kappa shape index (κ3) is 3.47. The third-order valence-electron chi connectivity index (χ3n) is 3.84. The van der Waals surface area contributed by atoms with E-state index in [9.17, 15) is 4.79 Å². The van der Waals surface area contributed by atoms with E-state index in [1.807, 2.05) is 25.9 Å². The van der Waals surface area contributed by atoms with Gasteiger partial charge in [0.2, 0.25) is 5.88 Å². The van der Waals surface area contributed by atoms with Gasteiger partial charge in [-0.15, -0.1) is 0 Å². The number of ether oxygens (including phenoxy) is 1. The molecule has 1 aromatic rings. The maximum Gasteiger partial charge on any atom is 0.274 e. The molecule has 1 aliphatic rings. The standard InChI is InChI=1S/C15H22ClN3O2/c1-5-21-13-7-6-11(16)14(17-13)15(20)19-8-10(2)12(9-19)18(3)4/h6-7,10,12H,5,8-9H2,1-4H3/t10-,12-/m0/s1. The van der Waals surface area contributed by atoms with E-state index in [-0.39, 0.29) is 11.6 Å². The molecular weight excluding hydrogens is 290 g/mol. The summed E-state index contributed by atoms with van der Waals surface area (Å²) in [4.78, 5) is 20.9. The zero-order valence-corrected chi connectivity index (χ0v) is 13.7. The monoisotopic (exact) mass is 311 g/mol. The van der Waals surface area contributed by atoms with Crippen LogP contribution in [0.25, 0.3) is 0 Å². The molecule has 0 aliphatic carbocycles. The molecule has 1 saturated heterocycles. The van der Waals surface area contributed by atoms with E-state index in [2.05, 4.69) is 16.8 Å². The van der Waals surface area contributed by atoms with Crippen LogP contribution < -0.4 is 4.74 Å². The summed E-state index contributed by atoms with van der Waals surface area (Å²) in [6, 6.07) is 3.70. The van der Waals surface area contributed by atoms with Crippen LogP contribution in [0, 0.1) is 5.92 Å². The van der Waals surface area contributed by atoms with Gasteiger partial charge in [-0.25, -0.2) is 4.98 Å². The number of pyridine rings is 1. The molecule has 2 heterocycles. The number of aromatic nitrogens is 1. The zero-order valence-electron chi connectivity index (χ0n) is 13.0. The highest BCUT2D eigenvalue weighted by Gasteiger charge is 2.35. The first kappa shape index (κ1) is 16.0. The van der Waals surface area contributed by atoms with Crippen LogP contribution in [0.4, 0.5) is 0 Å². The minimum absolute atomic E-state index is 0.127. The summed E-state index contributed by atoms with van der Waals surface area (Å²) in [5.41, 5.74) is 0.272. The molecule has 0 unspecified atom stereocenters. The van der Waals surface area contributed by atoms with Crippen LogP contribution in [0.3, 0.4) is 0 Å². The van der Waals surface area contributed by atoms with E-state index in [4.69, 9.17) is 16.3 Å². The number of hydrogen-bond donors (Lipinski definition) is 0. The van der Waals surface area contributed by atoms with Crippen LogP contribution in [0.15, 0.2) is 12.1 Å². The Morgan fingerprint density at radius 2 is 2.19 bits per heavy atom. The van der Waals surface area contributed by atoms with Crippen molar-refractivity contribution >= 4 is 17.5 Å². The molecule has 21 heavy (non-hydrogen) atoms. The van der Waals surface area contributed by atoms with Crippen molar-refractivity contribution in [2.75, 3.05) is 33.8 Å². The molecule has 6 heteroatoms. The fraction of sp³-hybridized carbons (Fsp3) is 0.600. The molecule has 5 nitrogen and oxygen atoms in total. The van der Waals surface area contributed by atoms with Crippen LogP contribution in [0.1, 0.15) is 24.3 Å². The van der Waals surface area contributed by atoms with Crippen LogP contribution >= 0.6 is 11.6 Å². The smallest absolute Gasteiger partial charge is 0.274 e. The van der Waals surface area contributed by atoms with E-state index in [0.717, 1.165) is 6.54 Å². The van der Waals surface area contributed by atoms with Crippen molar-refractivity contribution in [3.63, 3.8) is 0 Å². The largest absolute Gasteiger partial charge is 0.478 e. The maximum atomic E-state index is 12.6. The summed E-state index contributed by atoms with van der Waals surface area (Å²) in [5, 5.41) is 0.365. The van der Waals surface area contributed by atoms with Gasteiger partial charge in [-0.1, -0.05) is 18.5 Å². The van der Waals surface area contributed by atoms with Crippen molar-refractivity contribution in [3.8, 4) is 5.88 Å². The Balaban J connectivity index is 2.19. The molecule has 2 rings (SSSR count). The number of rotatable bonds is 4. The average molecular weight is 312 g/mol. The van der Waals surface area contributed by atoms with Crippen molar-refractivity contribution in [2.24, 2.45) is 5.92 Å². The molecule has 0 bridgehead atoms. The Morgan fingerprint density at radius 1 is 1.48 bits per heavy atom. The summed E-state index contributed by atoms with van der Waals surface area (Å²) in [5.74, 6) is 0.734. The number of likely N-dealkylation sites (tertiary alicyclic amines) is 1. The first-order valence-corrected chi connectivity index (χ1v) is 7.56. The Kier molecular flexibility index (Phi) is 5.06. The average Bonchev–Trinajstić information content (AvgIpc) is 2.83. The first-order chi connectivity index (χ1) is 9.93. The first-order valence-electron chi connectivity index (χ1n) is 7.19. The molecule has 1 fully saturated rings. The minimum atomic E-state index is -0.127. The molecule has 0 radical (unpaired) electrons. The van der Waals surface area contributed by atoms with E-state index in [0.29, 0.717) is 36.0 Å². The van der Waals surface area contributed by atoms with Crippen molar-refractivity contribution in [1.82, 2.24) is 14.8 Å². The van der Waals surface area contributed by atoms with Gasteiger partial charge in [0.1, 0.15) is 0 Å². The van der Waals surface area contributed by atoms with E-state index < -0.39 is 0 Å². The summed E-state index contributed by atoms with van der Waals surface area (Å²) in [6.07, 6.45) is 0. The maximum absolute atomic E-state index is 12.6. The number of carbonyl (C=O) groups excluding carboxylic acids is 1. The Hall–Kier alpha value is -1.33. The van der Waals surface area contributed by atoms with Crippen molar-refractivity contribution in [3.05, 3.63) is 22.8 Å². The Bertz CT molecular complexity index is 522. The molecule has 0 saturated carbocycles. The fourth-order valence-corrected chi connectivity index (χ4v) is 2.93. The number of carbonyl (C=O) groups is 1. The normalized spacial score (nSPS) is 21.9. The zero-order chi connectivity index (χ0) is 15.6. The molecule has 1 amide bonds. The quantitative estimate of drug-likeness (QED) is 0.855. The van der Waals surface area contributed by atoms with Crippen molar-refractivity contribution in [2.45, 2.75) is 19.9 Å². The van der Waals surface area contributed by atoms with Crippen molar-refractivity contribution in [1.29, 1.82) is 0 Å². The van der Waals surface area contributed by atoms with Gasteiger partial charge >= 0.3 is 0 Å². The lowest BCUT2D eigenvalue weighted by atomic mass is 10.1. The minimum Gasteiger partial charge on any atom is -0.478 e. The number of nitrogens with zero attached hydrogens (tertiary/aromatic N) is 3. The molecule has 1 aromatic heterocycles. The highest BCUT2D eigenvalue weighted by Crippen LogP contribution is 2.25. The summed E-state index contributed by atoms with van der Waals surface area (Å²) in [7, 11) is 4.08. The Morgan fingerprint density at radius 3 is 2.76 bits per heavy atom. The second-order valence-corrected chi connectivity index (χ2v) is 6.04. The molecule has 0 spiro atoms. The van der Waals surface area contributed by atoms with Gasteiger partial charge in [-0.2, -0.15) is 0 Å². The van der Waals surface area contributed by atoms with Crippen molar-refractivity contribution < 1.29 is 9.53 Å². The number of halogens is 1. The topological polar surface area (TPSA) is 45.7 Å². The van der Waals surface area contributed by atoms with Gasteiger partial charge in [-0.05, 0) is 33.0 Å². The van der Waals surface area contributed by atoms with Gasteiger partial charge in [0, 0.05) is 25.2 Å². The second kappa shape index (κ2) is 6.62. The van der Waals surface area contributed by atoms with Gasteiger partial charge in [-0.3, -0.25) is 4.79 Å². The fourth-order valence-electron chi connectivity index (χ4n) is 2.74. The number of hydrogen-bond acceptors (Lipinski definition) is 4. The number of amides is 1. The molecule has 116 valence electrons. The van der Waals surface area contributed by atoms with E-state index >= 15 is 0 Å². The van der Waals surface area contributed by atoms with Crippen LogP contribution in [-0.4, -0.2) is 60.5 Å². The molecule has 0 N–H and O–H groups in total.